The zero-order valence-electron chi connectivity index (χ0n) is 11.7. The predicted octanol–water partition coefficient (Wildman–Crippen LogP) is 4.93. The number of ether oxygens (including phenoxy) is 1. The number of aromatic nitrogens is 2. The molecule has 1 heterocycles. The van der Waals surface area contributed by atoms with Crippen molar-refractivity contribution in [2.75, 3.05) is 0 Å². The molecule has 112 valence electrons. The Morgan fingerprint density at radius 3 is 2.73 bits per heavy atom. The van der Waals surface area contributed by atoms with Gasteiger partial charge in [-0.1, -0.05) is 47.0 Å². The highest BCUT2D eigenvalue weighted by Gasteiger charge is 2.11. The Morgan fingerprint density at radius 2 is 1.91 bits per heavy atom. The van der Waals surface area contributed by atoms with Gasteiger partial charge in [0.2, 0.25) is 5.89 Å². The Hall–Kier alpha value is -2.04. The third-order valence-corrected chi connectivity index (χ3v) is 3.80. The summed E-state index contributed by atoms with van der Waals surface area (Å²) in [7, 11) is 0. The first-order valence-corrected chi connectivity index (χ1v) is 7.35. The van der Waals surface area contributed by atoms with Gasteiger partial charge in [0, 0.05) is 5.56 Å². The smallest absolute Gasteiger partial charge is 0.254 e. The van der Waals surface area contributed by atoms with Crippen LogP contribution in [0.2, 0.25) is 10.0 Å². The fourth-order valence-corrected chi connectivity index (χ4v) is 2.29. The molecule has 0 aliphatic heterocycles. The van der Waals surface area contributed by atoms with Crippen molar-refractivity contribution in [2.24, 2.45) is 0 Å². The standard InChI is InChI=1S/C16H12Cl2N2O2/c1-10-4-2-5-11(8-10)16-20-19-14(22-16)9-21-13-7-3-6-12(17)15(13)18/h2-8H,9H2,1H3. The highest BCUT2D eigenvalue weighted by atomic mass is 35.5. The molecule has 3 rings (SSSR count). The molecule has 0 saturated carbocycles. The van der Waals surface area contributed by atoms with Crippen LogP contribution in [0.3, 0.4) is 0 Å². The fourth-order valence-electron chi connectivity index (χ4n) is 1.94. The van der Waals surface area contributed by atoms with Crippen molar-refractivity contribution in [3.05, 3.63) is 64.0 Å². The normalized spacial score (nSPS) is 10.7. The third kappa shape index (κ3) is 3.24. The number of halogens is 2. The van der Waals surface area contributed by atoms with Gasteiger partial charge >= 0.3 is 0 Å². The van der Waals surface area contributed by atoms with Crippen LogP contribution >= 0.6 is 23.2 Å². The second kappa shape index (κ2) is 6.38. The van der Waals surface area contributed by atoms with Crippen molar-refractivity contribution >= 4 is 23.2 Å². The number of nitrogens with zero attached hydrogens (tertiary/aromatic N) is 2. The molecule has 0 unspecified atom stereocenters. The van der Waals surface area contributed by atoms with E-state index in [9.17, 15) is 0 Å². The average Bonchev–Trinajstić information content (AvgIpc) is 2.98. The maximum absolute atomic E-state index is 6.05. The molecule has 1 aromatic heterocycles. The second-order valence-corrected chi connectivity index (χ2v) is 5.50. The van der Waals surface area contributed by atoms with E-state index in [1.165, 1.54) is 0 Å². The molecule has 0 amide bonds. The maximum atomic E-state index is 6.05. The summed E-state index contributed by atoms with van der Waals surface area (Å²) < 4.78 is 11.2. The van der Waals surface area contributed by atoms with E-state index < -0.39 is 0 Å². The summed E-state index contributed by atoms with van der Waals surface area (Å²) in [5, 5.41) is 8.79. The lowest BCUT2D eigenvalue weighted by Gasteiger charge is -2.06. The molecule has 0 fully saturated rings. The SMILES string of the molecule is Cc1cccc(-c2nnc(COc3cccc(Cl)c3Cl)o2)c1. The van der Waals surface area contributed by atoms with Gasteiger partial charge in [0.05, 0.1) is 5.02 Å². The molecule has 0 aliphatic rings. The van der Waals surface area contributed by atoms with Crippen LogP contribution in [0.25, 0.3) is 11.5 Å². The van der Waals surface area contributed by atoms with E-state index in [-0.39, 0.29) is 6.61 Å². The van der Waals surface area contributed by atoms with E-state index in [4.69, 9.17) is 32.4 Å². The van der Waals surface area contributed by atoms with Gasteiger partial charge in [-0.3, -0.25) is 0 Å². The molecule has 4 nitrogen and oxygen atoms in total. The summed E-state index contributed by atoms with van der Waals surface area (Å²) in [5.74, 6) is 1.30. The lowest BCUT2D eigenvalue weighted by molar-refractivity contribution is 0.264. The Kier molecular flexibility index (Phi) is 4.32. The Labute approximate surface area is 137 Å². The molecule has 6 heteroatoms. The van der Waals surface area contributed by atoms with Gasteiger partial charge in [-0.05, 0) is 31.2 Å². The van der Waals surface area contributed by atoms with Crippen molar-refractivity contribution in [1.29, 1.82) is 0 Å². The van der Waals surface area contributed by atoms with E-state index in [1.807, 2.05) is 31.2 Å². The lowest BCUT2D eigenvalue weighted by Crippen LogP contribution is -1.96. The molecule has 0 atom stereocenters. The molecule has 0 radical (unpaired) electrons. The molecule has 2 aromatic carbocycles. The minimum Gasteiger partial charge on any atom is -0.482 e. The van der Waals surface area contributed by atoms with Crippen LogP contribution in [-0.2, 0) is 6.61 Å². The molecule has 22 heavy (non-hydrogen) atoms. The zero-order valence-corrected chi connectivity index (χ0v) is 13.2. The highest BCUT2D eigenvalue weighted by molar-refractivity contribution is 6.42. The zero-order chi connectivity index (χ0) is 15.5. The van der Waals surface area contributed by atoms with Crippen LogP contribution in [0, 0.1) is 6.92 Å². The van der Waals surface area contributed by atoms with Crippen LogP contribution < -0.4 is 4.74 Å². The first-order chi connectivity index (χ1) is 10.6. The maximum Gasteiger partial charge on any atom is 0.254 e. The molecule has 0 aliphatic carbocycles. The van der Waals surface area contributed by atoms with Crippen molar-refractivity contribution in [3.8, 4) is 17.2 Å². The quantitative estimate of drug-likeness (QED) is 0.678. The Bertz CT molecular complexity index is 802. The summed E-state index contributed by atoms with van der Waals surface area (Å²) in [6.07, 6.45) is 0. The molecule has 0 spiro atoms. The summed E-state index contributed by atoms with van der Waals surface area (Å²) in [4.78, 5) is 0. The van der Waals surface area contributed by atoms with Crippen molar-refractivity contribution in [3.63, 3.8) is 0 Å². The van der Waals surface area contributed by atoms with Crippen molar-refractivity contribution in [1.82, 2.24) is 10.2 Å². The van der Waals surface area contributed by atoms with Gasteiger partial charge in [0.15, 0.2) is 6.61 Å². The van der Waals surface area contributed by atoms with Crippen molar-refractivity contribution < 1.29 is 9.15 Å². The lowest BCUT2D eigenvalue weighted by atomic mass is 10.1. The van der Waals surface area contributed by atoms with Gasteiger partial charge in [0.25, 0.3) is 5.89 Å². The molecular weight excluding hydrogens is 323 g/mol. The number of hydrogen-bond acceptors (Lipinski definition) is 4. The van der Waals surface area contributed by atoms with E-state index in [2.05, 4.69) is 10.2 Å². The van der Waals surface area contributed by atoms with E-state index in [0.717, 1.165) is 11.1 Å². The average molecular weight is 335 g/mol. The second-order valence-electron chi connectivity index (χ2n) is 4.71. The van der Waals surface area contributed by atoms with Crippen LogP contribution in [0.5, 0.6) is 5.75 Å². The van der Waals surface area contributed by atoms with Crippen molar-refractivity contribution in [2.45, 2.75) is 13.5 Å². The van der Waals surface area contributed by atoms with Crippen LogP contribution in [0.15, 0.2) is 46.9 Å². The molecule has 0 N–H and O–H groups in total. The summed E-state index contributed by atoms with van der Waals surface area (Å²) in [6, 6.07) is 13.0. The molecule has 3 aromatic rings. The van der Waals surface area contributed by atoms with Crippen LogP contribution in [0.1, 0.15) is 11.5 Å². The Balaban J connectivity index is 1.73. The van der Waals surface area contributed by atoms with Crippen LogP contribution in [-0.4, -0.2) is 10.2 Å². The summed E-state index contributed by atoms with van der Waals surface area (Å²) >= 11 is 12.0. The highest BCUT2D eigenvalue weighted by Crippen LogP contribution is 2.32. The van der Waals surface area contributed by atoms with E-state index in [0.29, 0.717) is 27.6 Å². The topological polar surface area (TPSA) is 48.2 Å². The molecular formula is C16H12Cl2N2O2. The Morgan fingerprint density at radius 1 is 1.09 bits per heavy atom. The third-order valence-electron chi connectivity index (χ3n) is 3.00. The minimum absolute atomic E-state index is 0.124. The minimum atomic E-state index is 0.124. The summed E-state index contributed by atoms with van der Waals surface area (Å²) in [5.41, 5.74) is 2.00. The molecule has 0 saturated heterocycles. The first kappa shape index (κ1) is 14.9. The van der Waals surface area contributed by atoms with Gasteiger partial charge in [-0.25, -0.2) is 0 Å². The monoisotopic (exact) mass is 334 g/mol. The first-order valence-electron chi connectivity index (χ1n) is 6.60. The largest absolute Gasteiger partial charge is 0.482 e. The number of rotatable bonds is 4. The molecule has 0 bridgehead atoms. The summed E-state index contributed by atoms with van der Waals surface area (Å²) in [6.45, 7) is 2.13. The predicted molar refractivity (Wildman–Crippen MR) is 85.3 cm³/mol. The van der Waals surface area contributed by atoms with Gasteiger partial charge in [0.1, 0.15) is 10.8 Å². The fraction of sp³-hybridized carbons (Fsp3) is 0.125. The van der Waals surface area contributed by atoms with Gasteiger partial charge < -0.3 is 9.15 Å². The van der Waals surface area contributed by atoms with Gasteiger partial charge in [-0.2, -0.15) is 0 Å². The van der Waals surface area contributed by atoms with E-state index >= 15 is 0 Å². The van der Waals surface area contributed by atoms with Crippen LogP contribution in [0.4, 0.5) is 0 Å². The number of hydrogen-bond donors (Lipinski definition) is 0. The number of benzene rings is 2. The van der Waals surface area contributed by atoms with E-state index in [1.54, 1.807) is 18.2 Å². The van der Waals surface area contributed by atoms with Gasteiger partial charge in [-0.15, -0.1) is 10.2 Å². The number of aryl methyl sites for hydroxylation is 1.